The van der Waals surface area contributed by atoms with E-state index in [4.69, 9.17) is 0 Å². The molecule has 0 unspecified atom stereocenters. The first-order chi connectivity index (χ1) is 12.2. The van der Waals surface area contributed by atoms with Gasteiger partial charge in [-0.3, -0.25) is 9.78 Å². The molecule has 0 aromatic carbocycles. The van der Waals surface area contributed by atoms with E-state index in [9.17, 15) is 4.79 Å². The molecule has 2 aromatic heterocycles. The molecule has 0 radical (unpaired) electrons. The fourth-order valence-corrected chi connectivity index (χ4v) is 2.97. The van der Waals surface area contributed by atoms with Crippen LogP contribution in [0.2, 0.25) is 0 Å². The largest absolute Gasteiger partial charge is 0.370 e. The van der Waals surface area contributed by atoms with Crippen molar-refractivity contribution in [2.45, 2.75) is 32.7 Å². The van der Waals surface area contributed by atoms with Crippen LogP contribution in [-0.2, 0) is 11.3 Å². The number of hydrogen-bond donors (Lipinski definition) is 1. The van der Waals surface area contributed by atoms with Crippen LogP contribution in [0, 0.1) is 0 Å². The van der Waals surface area contributed by atoms with E-state index in [1.54, 1.807) is 23.6 Å². The fraction of sp³-hybridized carbons (Fsp3) is 0.444. The zero-order valence-electron chi connectivity index (χ0n) is 14.8. The molecule has 2 aromatic rings. The summed E-state index contributed by atoms with van der Waals surface area (Å²) in [6.07, 6.45) is 8.42. The van der Waals surface area contributed by atoms with Gasteiger partial charge in [0, 0.05) is 19.8 Å². The van der Waals surface area contributed by atoms with Crippen LogP contribution in [0.1, 0.15) is 31.7 Å². The molecule has 7 heteroatoms. The van der Waals surface area contributed by atoms with Gasteiger partial charge in [-0.25, -0.2) is 9.97 Å². The summed E-state index contributed by atoms with van der Waals surface area (Å²) in [7, 11) is 1.89. The standard InChI is InChI=1S/C18H24N6O/c1-3-4-5-9-20-17-15-11-24(14-7-6-8-19-10-14)16(25)12-23(2)18(15)22-13-21-17/h6-8,10,13H,3-5,9,11-12H2,1-2H3,(H,20,21,22). The lowest BCUT2D eigenvalue weighted by Gasteiger charge is -2.21. The second-order valence-electron chi connectivity index (χ2n) is 6.21. The molecule has 1 amide bonds. The number of likely N-dealkylation sites (N-methyl/N-ethyl adjacent to an activating group) is 1. The quantitative estimate of drug-likeness (QED) is 0.814. The van der Waals surface area contributed by atoms with E-state index in [0.29, 0.717) is 6.54 Å². The topological polar surface area (TPSA) is 74.2 Å². The van der Waals surface area contributed by atoms with Crippen LogP contribution >= 0.6 is 0 Å². The molecular weight excluding hydrogens is 316 g/mol. The van der Waals surface area contributed by atoms with E-state index < -0.39 is 0 Å². The maximum Gasteiger partial charge on any atom is 0.246 e. The predicted molar refractivity (Wildman–Crippen MR) is 98.7 cm³/mol. The van der Waals surface area contributed by atoms with E-state index in [1.165, 1.54) is 12.8 Å². The molecule has 1 aliphatic heterocycles. The molecule has 0 atom stereocenters. The van der Waals surface area contributed by atoms with Gasteiger partial charge in [-0.15, -0.1) is 0 Å². The van der Waals surface area contributed by atoms with Crippen LogP contribution in [-0.4, -0.2) is 41.0 Å². The lowest BCUT2D eigenvalue weighted by atomic mass is 10.2. The molecule has 132 valence electrons. The van der Waals surface area contributed by atoms with E-state index in [2.05, 4.69) is 27.2 Å². The summed E-state index contributed by atoms with van der Waals surface area (Å²) in [4.78, 5) is 29.3. The number of anilines is 3. The predicted octanol–water partition coefficient (Wildman–Crippen LogP) is 2.46. The van der Waals surface area contributed by atoms with Gasteiger partial charge in [0.2, 0.25) is 5.91 Å². The summed E-state index contributed by atoms with van der Waals surface area (Å²) in [5.41, 5.74) is 1.73. The Morgan fingerprint density at radius 1 is 1.24 bits per heavy atom. The second kappa shape index (κ2) is 7.92. The number of rotatable bonds is 6. The van der Waals surface area contributed by atoms with Crippen molar-refractivity contribution in [2.24, 2.45) is 0 Å². The first kappa shape index (κ1) is 17.1. The highest BCUT2D eigenvalue weighted by Gasteiger charge is 2.28. The highest BCUT2D eigenvalue weighted by atomic mass is 16.2. The minimum Gasteiger partial charge on any atom is -0.370 e. The number of fused-ring (bicyclic) bond motifs is 1. The monoisotopic (exact) mass is 340 g/mol. The van der Waals surface area contributed by atoms with Crippen molar-refractivity contribution in [1.82, 2.24) is 15.0 Å². The fourth-order valence-electron chi connectivity index (χ4n) is 2.97. The zero-order valence-corrected chi connectivity index (χ0v) is 14.8. The molecule has 3 heterocycles. The van der Waals surface area contributed by atoms with E-state index in [1.807, 2.05) is 24.1 Å². The maximum absolute atomic E-state index is 12.7. The SMILES string of the molecule is CCCCCNc1ncnc2c1CN(c1cccnc1)C(=O)CN2C. The molecule has 25 heavy (non-hydrogen) atoms. The zero-order chi connectivity index (χ0) is 17.6. The number of unbranched alkanes of at least 4 members (excludes halogenated alkanes) is 2. The summed E-state index contributed by atoms with van der Waals surface area (Å²) >= 11 is 0. The lowest BCUT2D eigenvalue weighted by Crippen LogP contribution is -2.35. The normalized spacial score (nSPS) is 14.2. The Hall–Kier alpha value is -2.70. The van der Waals surface area contributed by atoms with Gasteiger partial charge in [-0.1, -0.05) is 19.8 Å². The molecule has 7 nitrogen and oxygen atoms in total. The van der Waals surface area contributed by atoms with Crippen molar-refractivity contribution in [3.63, 3.8) is 0 Å². The van der Waals surface area contributed by atoms with Gasteiger partial charge in [-0.05, 0) is 18.6 Å². The van der Waals surface area contributed by atoms with Gasteiger partial charge in [0.05, 0.1) is 30.5 Å². The number of nitrogens with zero attached hydrogens (tertiary/aromatic N) is 5. The molecule has 0 saturated heterocycles. The molecule has 1 N–H and O–H groups in total. The average molecular weight is 340 g/mol. The van der Waals surface area contributed by atoms with Crippen molar-refractivity contribution < 1.29 is 4.79 Å². The van der Waals surface area contributed by atoms with Crippen molar-refractivity contribution in [3.05, 3.63) is 36.4 Å². The number of aromatic nitrogens is 3. The van der Waals surface area contributed by atoms with E-state index in [0.717, 1.165) is 35.9 Å². The summed E-state index contributed by atoms with van der Waals surface area (Å²) in [5.74, 6) is 1.62. The lowest BCUT2D eigenvalue weighted by molar-refractivity contribution is -0.117. The van der Waals surface area contributed by atoms with Crippen LogP contribution in [0.15, 0.2) is 30.9 Å². The number of hydrogen-bond acceptors (Lipinski definition) is 6. The van der Waals surface area contributed by atoms with E-state index in [-0.39, 0.29) is 12.5 Å². The molecule has 0 saturated carbocycles. The summed E-state index contributed by atoms with van der Waals surface area (Å²) < 4.78 is 0. The molecule has 0 fully saturated rings. The molecule has 3 rings (SSSR count). The Kier molecular flexibility index (Phi) is 5.42. The Labute approximate surface area is 148 Å². The second-order valence-corrected chi connectivity index (χ2v) is 6.21. The van der Waals surface area contributed by atoms with Gasteiger partial charge >= 0.3 is 0 Å². The van der Waals surface area contributed by atoms with Gasteiger partial charge in [0.1, 0.15) is 18.0 Å². The Morgan fingerprint density at radius 2 is 2.12 bits per heavy atom. The number of carbonyl (C=O) groups excluding carboxylic acids is 1. The maximum atomic E-state index is 12.7. The van der Waals surface area contributed by atoms with Crippen LogP contribution in [0.3, 0.4) is 0 Å². The summed E-state index contributed by atoms with van der Waals surface area (Å²) in [5, 5.41) is 3.41. The first-order valence-corrected chi connectivity index (χ1v) is 8.70. The Morgan fingerprint density at radius 3 is 2.88 bits per heavy atom. The number of amides is 1. The third-order valence-electron chi connectivity index (χ3n) is 4.30. The third-order valence-corrected chi connectivity index (χ3v) is 4.30. The van der Waals surface area contributed by atoms with Crippen LogP contribution < -0.4 is 15.1 Å². The smallest absolute Gasteiger partial charge is 0.246 e. The average Bonchev–Trinajstić information content (AvgIpc) is 2.76. The van der Waals surface area contributed by atoms with Gasteiger partial charge in [0.15, 0.2) is 0 Å². The number of carbonyl (C=O) groups is 1. The Bertz CT molecular complexity index is 721. The number of nitrogens with one attached hydrogen (secondary N) is 1. The molecule has 0 bridgehead atoms. The van der Waals surface area contributed by atoms with Gasteiger partial charge < -0.3 is 15.1 Å². The first-order valence-electron chi connectivity index (χ1n) is 8.70. The highest BCUT2D eigenvalue weighted by molar-refractivity contribution is 5.97. The van der Waals surface area contributed by atoms with Gasteiger partial charge in [0.25, 0.3) is 0 Å². The Balaban J connectivity index is 1.90. The third kappa shape index (κ3) is 3.87. The minimum atomic E-state index is 0.0189. The van der Waals surface area contributed by atoms with Crippen molar-refractivity contribution in [2.75, 3.05) is 35.3 Å². The highest BCUT2D eigenvalue weighted by Crippen LogP contribution is 2.29. The summed E-state index contributed by atoms with van der Waals surface area (Å²) in [6, 6.07) is 3.73. The summed E-state index contributed by atoms with van der Waals surface area (Å²) in [6.45, 7) is 3.75. The molecule has 1 aliphatic rings. The molecular formula is C18H24N6O. The van der Waals surface area contributed by atoms with Crippen LogP contribution in [0.4, 0.5) is 17.3 Å². The van der Waals surface area contributed by atoms with Crippen molar-refractivity contribution in [3.8, 4) is 0 Å². The minimum absolute atomic E-state index is 0.0189. The van der Waals surface area contributed by atoms with Crippen molar-refractivity contribution in [1.29, 1.82) is 0 Å². The molecule has 0 aliphatic carbocycles. The number of pyridine rings is 1. The van der Waals surface area contributed by atoms with Gasteiger partial charge in [-0.2, -0.15) is 0 Å². The van der Waals surface area contributed by atoms with Crippen LogP contribution in [0.5, 0.6) is 0 Å². The van der Waals surface area contributed by atoms with Crippen molar-refractivity contribution >= 4 is 23.2 Å². The van der Waals surface area contributed by atoms with Crippen LogP contribution in [0.25, 0.3) is 0 Å². The molecule has 0 spiro atoms. The van der Waals surface area contributed by atoms with E-state index >= 15 is 0 Å².